The standard InChI is InChI=1S/C21H21ClN4O4S/c22-17-6-4-5-16(13-17)20-24-19(30-25-20)14-23-21(27)15-9-11-26(12-10-15)31(28,29)18-7-2-1-3-8-18/h1-8,13,15H,9-12,14H2,(H,23,27). The fourth-order valence-electron chi connectivity index (χ4n) is 3.48. The van der Waals surface area contributed by atoms with Crippen molar-refractivity contribution in [3.63, 3.8) is 0 Å². The molecule has 0 radical (unpaired) electrons. The molecule has 1 aliphatic rings. The van der Waals surface area contributed by atoms with Crippen LogP contribution in [-0.4, -0.2) is 41.9 Å². The molecule has 1 fully saturated rings. The number of carbonyl (C=O) groups excluding carboxylic acids is 1. The SMILES string of the molecule is O=C(NCc1nc(-c2cccc(Cl)c2)no1)C1CCN(S(=O)(=O)c2ccccc2)CC1. The van der Waals surface area contributed by atoms with Gasteiger partial charge in [0.1, 0.15) is 0 Å². The van der Waals surface area contributed by atoms with Crippen LogP contribution in [0.2, 0.25) is 5.02 Å². The van der Waals surface area contributed by atoms with E-state index in [1.54, 1.807) is 48.5 Å². The minimum atomic E-state index is -3.53. The number of hydrogen-bond donors (Lipinski definition) is 1. The molecule has 0 aliphatic carbocycles. The van der Waals surface area contributed by atoms with Crippen LogP contribution in [0.25, 0.3) is 11.4 Å². The third-order valence-electron chi connectivity index (χ3n) is 5.17. The number of sulfonamides is 1. The molecule has 8 nitrogen and oxygen atoms in total. The summed E-state index contributed by atoms with van der Waals surface area (Å²) in [6.07, 6.45) is 0.908. The van der Waals surface area contributed by atoms with Crippen molar-refractivity contribution >= 4 is 27.5 Å². The van der Waals surface area contributed by atoms with E-state index < -0.39 is 10.0 Å². The Labute approximate surface area is 185 Å². The molecule has 0 atom stereocenters. The Bertz CT molecular complexity index is 1160. The average Bonchev–Trinajstić information content (AvgIpc) is 3.27. The van der Waals surface area contributed by atoms with Gasteiger partial charge < -0.3 is 9.84 Å². The lowest BCUT2D eigenvalue weighted by Crippen LogP contribution is -2.42. The molecular weight excluding hydrogens is 440 g/mol. The molecule has 0 unspecified atom stereocenters. The van der Waals surface area contributed by atoms with Gasteiger partial charge in [-0.3, -0.25) is 4.79 Å². The summed E-state index contributed by atoms with van der Waals surface area (Å²) in [4.78, 5) is 17.1. The Morgan fingerprint density at radius 2 is 1.87 bits per heavy atom. The number of hydrogen-bond acceptors (Lipinski definition) is 6. The summed E-state index contributed by atoms with van der Waals surface area (Å²) < 4.78 is 32.0. The molecule has 3 aromatic rings. The zero-order valence-corrected chi connectivity index (χ0v) is 18.1. The van der Waals surface area contributed by atoms with E-state index in [0.29, 0.717) is 36.8 Å². The second-order valence-electron chi connectivity index (χ2n) is 7.23. The van der Waals surface area contributed by atoms with Crippen LogP contribution in [-0.2, 0) is 21.4 Å². The summed E-state index contributed by atoms with van der Waals surface area (Å²) in [6.45, 7) is 0.707. The van der Waals surface area contributed by atoms with Gasteiger partial charge in [0.25, 0.3) is 0 Å². The summed E-state index contributed by atoms with van der Waals surface area (Å²) >= 11 is 5.98. The summed E-state index contributed by atoms with van der Waals surface area (Å²) in [5, 5.41) is 7.28. The fourth-order valence-corrected chi connectivity index (χ4v) is 5.16. The predicted molar refractivity (Wildman–Crippen MR) is 115 cm³/mol. The predicted octanol–water partition coefficient (Wildman–Crippen LogP) is 3.11. The lowest BCUT2D eigenvalue weighted by molar-refractivity contribution is -0.126. The number of halogens is 1. The molecule has 1 aromatic heterocycles. The van der Waals surface area contributed by atoms with E-state index in [9.17, 15) is 13.2 Å². The third-order valence-corrected chi connectivity index (χ3v) is 7.32. The Hall–Kier alpha value is -2.75. The first kappa shape index (κ1) is 21.5. The normalized spacial score (nSPS) is 15.6. The first-order chi connectivity index (χ1) is 14.9. The molecular formula is C21H21ClN4O4S. The summed E-state index contributed by atoms with van der Waals surface area (Å²) in [5.74, 6) is 0.260. The van der Waals surface area contributed by atoms with Crippen LogP contribution < -0.4 is 5.32 Å². The van der Waals surface area contributed by atoms with E-state index in [0.717, 1.165) is 5.56 Å². The maximum Gasteiger partial charge on any atom is 0.246 e. The monoisotopic (exact) mass is 460 g/mol. The summed E-state index contributed by atoms with van der Waals surface area (Å²) in [6, 6.07) is 15.4. The smallest absolute Gasteiger partial charge is 0.246 e. The molecule has 2 aromatic carbocycles. The number of benzene rings is 2. The Kier molecular flexibility index (Phi) is 6.35. The highest BCUT2D eigenvalue weighted by Gasteiger charge is 2.32. The maximum atomic E-state index is 12.7. The highest BCUT2D eigenvalue weighted by atomic mass is 35.5. The molecule has 2 heterocycles. The van der Waals surface area contributed by atoms with Crippen molar-refractivity contribution in [2.45, 2.75) is 24.3 Å². The Morgan fingerprint density at radius 1 is 1.13 bits per heavy atom. The second-order valence-corrected chi connectivity index (χ2v) is 9.61. The third kappa shape index (κ3) is 4.95. The Morgan fingerprint density at radius 3 is 2.58 bits per heavy atom. The maximum absolute atomic E-state index is 12.7. The number of carbonyl (C=O) groups is 1. The van der Waals surface area contributed by atoms with Crippen molar-refractivity contribution in [1.82, 2.24) is 19.8 Å². The van der Waals surface area contributed by atoms with E-state index in [-0.39, 0.29) is 29.2 Å². The van der Waals surface area contributed by atoms with Crippen molar-refractivity contribution in [2.75, 3.05) is 13.1 Å². The number of piperidine rings is 1. The van der Waals surface area contributed by atoms with Crippen molar-refractivity contribution in [3.05, 3.63) is 65.5 Å². The largest absolute Gasteiger partial charge is 0.347 e. The van der Waals surface area contributed by atoms with Gasteiger partial charge in [0.2, 0.25) is 27.6 Å². The van der Waals surface area contributed by atoms with E-state index in [1.165, 1.54) is 4.31 Å². The van der Waals surface area contributed by atoms with Gasteiger partial charge in [-0.25, -0.2) is 8.42 Å². The first-order valence-corrected chi connectivity index (χ1v) is 11.7. The van der Waals surface area contributed by atoms with Crippen LogP contribution in [0.1, 0.15) is 18.7 Å². The quantitative estimate of drug-likeness (QED) is 0.606. The molecule has 1 aliphatic heterocycles. The molecule has 31 heavy (non-hydrogen) atoms. The molecule has 4 rings (SSSR count). The highest BCUT2D eigenvalue weighted by molar-refractivity contribution is 7.89. The molecule has 10 heteroatoms. The van der Waals surface area contributed by atoms with Gasteiger partial charge in [-0.2, -0.15) is 9.29 Å². The number of rotatable bonds is 6. The van der Waals surface area contributed by atoms with Crippen LogP contribution in [0.5, 0.6) is 0 Å². The second kappa shape index (κ2) is 9.17. The van der Waals surface area contributed by atoms with Gasteiger partial charge in [-0.1, -0.05) is 47.1 Å². The summed E-state index contributed by atoms with van der Waals surface area (Å²) in [5.41, 5.74) is 0.723. The zero-order chi connectivity index (χ0) is 21.8. The van der Waals surface area contributed by atoms with Crippen molar-refractivity contribution in [1.29, 1.82) is 0 Å². The molecule has 1 amide bonds. The highest BCUT2D eigenvalue weighted by Crippen LogP contribution is 2.24. The van der Waals surface area contributed by atoms with Crippen molar-refractivity contribution < 1.29 is 17.7 Å². The van der Waals surface area contributed by atoms with Crippen molar-refractivity contribution in [3.8, 4) is 11.4 Å². The van der Waals surface area contributed by atoms with Crippen LogP contribution in [0.3, 0.4) is 0 Å². The van der Waals surface area contributed by atoms with Crippen LogP contribution >= 0.6 is 11.6 Å². The van der Waals surface area contributed by atoms with Gasteiger partial charge >= 0.3 is 0 Å². The van der Waals surface area contributed by atoms with Gasteiger partial charge in [0.05, 0.1) is 11.4 Å². The van der Waals surface area contributed by atoms with Gasteiger partial charge in [0.15, 0.2) is 0 Å². The van der Waals surface area contributed by atoms with Crippen LogP contribution in [0, 0.1) is 5.92 Å². The van der Waals surface area contributed by atoms with Crippen LogP contribution in [0.4, 0.5) is 0 Å². The first-order valence-electron chi connectivity index (χ1n) is 9.85. The van der Waals surface area contributed by atoms with Gasteiger partial charge in [-0.05, 0) is 37.1 Å². The fraction of sp³-hybridized carbons (Fsp3) is 0.286. The van der Waals surface area contributed by atoms with Gasteiger partial charge in [0, 0.05) is 29.6 Å². The minimum absolute atomic E-state index is 0.106. The zero-order valence-electron chi connectivity index (χ0n) is 16.6. The van der Waals surface area contributed by atoms with Crippen LogP contribution in [0.15, 0.2) is 64.0 Å². The van der Waals surface area contributed by atoms with E-state index in [2.05, 4.69) is 15.5 Å². The molecule has 0 spiro atoms. The number of nitrogens with zero attached hydrogens (tertiary/aromatic N) is 3. The minimum Gasteiger partial charge on any atom is -0.347 e. The van der Waals surface area contributed by atoms with E-state index in [1.807, 2.05) is 6.07 Å². The molecule has 0 bridgehead atoms. The molecule has 1 saturated heterocycles. The van der Waals surface area contributed by atoms with Gasteiger partial charge in [-0.15, -0.1) is 0 Å². The average molecular weight is 461 g/mol. The lowest BCUT2D eigenvalue weighted by atomic mass is 9.97. The topological polar surface area (TPSA) is 105 Å². The van der Waals surface area contributed by atoms with E-state index in [4.69, 9.17) is 16.1 Å². The van der Waals surface area contributed by atoms with Crippen molar-refractivity contribution in [2.24, 2.45) is 5.92 Å². The number of aromatic nitrogens is 2. The molecule has 0 saturated carbocycles. The molecule has 1 N–H and O–H groups in total. The summed E-state index contributed by atoms with van der Waals surface area (Å²) in [7, 11) is -3.53. The van der Waals surface area contributed by atoms with E-state index >= 15 is 0 Å². The number of nitrogens with one attached hydrogen (secondary N) is 1. The Balaban J connectivity index is 1.30. The molecule has 162 valence electrons. The number of amides is 1. The lowest BCUT2D eigenvalue weighted by Gasteiger charge is -2.30.